The summed E-state index contributed by atoms with van der Waals surface area (Å²) in [6, 6.07) is 32.8. The van der Waals surface area contributed by atoms with E-state index in [1.54, 1.807) is 11.1 Å². The molecule has 6 fully saturated rings. The Bertz CT molecular complexity index is 1660. The molecule has 226 valence electrons. The van der Waals surface area contributed by atoms with Crippen LogP contribution >= 0.6 is 0 Å². The van der Waals surface area contributed by atoms with Gasteiger partial charge in [0.25, 0.3) is 0 Å². The van der Waals surface area contributed by atoms with Crippen molar-refractivity contribution >= 4 is 22.1 Å². The third kappa shape index (κ3) is 4.47. The smallest absolute Gasteiger partial charge is 0.0422 e. The molecule has 0 amide bonds. The second kappa shape index (κ2) is 10.2. The second-order valence-corrected chi connectivity index (χ2v) is 16.6. The monoisotopic (exact) mass is 579 g/mol. The van der Waals surface area contributed by atoms with E-state index in [0.717, 1.165) is 35.5 Å². The van der Waals surface area contributed by atoms with E-state index in [-0.39, 0.29) is 0 Å². The summed E-state index contributed by atoms with van der Waals surface area (Å²) in [6.07, 6.45) is 15.6. The Morgan fingerprint density at radius 1 is 0.523 bits per heavy atom. The molecule has 6 aliphatic rings. The molecular formula is C43H49N. The number of benzene rings is 4. The zero-order valence-electron chi connectivity index (χ0n) is 26.8. The van der Waals surface area contributed by atoms with E-state index in [4.69, 9.17) is 0 Å². The van der Waals surface area contributed by atoms with Gasteiger partial charge in [-0.15, -0.1) is 0 Å². The predicted octanol–water partition coefficient (Wildman–Crippen LogP) is 11.8. The van der Waals surface area contributed by atoms with Gasteiger partial charge >= 0.3 is 0 Å². The lowest BCUT2D eigenvalue weighted by molar-refractivity contribution is -0.00449. The van der Waals surface area contributed by atoms with Crippen LogP contribution in [0.1, 0.15) is 95.6 Å². The third-order valence-corrected chi connectivity index (χ3v) is 13.1. The van der Waals surface area contributed by atoms with Crippen LogP contribution in [0, 0.1) is 35.5 Å². The molecule has 3 unspecified atom stereocenters. The fourth-order valence-corrected chi connectivity index (χ4v) is 12.5. The summed E-state index contributed by atoms with van der Waals surface area (Å²) in [5.74, 6) is 5.39. The fraction of sp³-hybridized carbons (Fsp3) is 0.488. The highest BCUT2D eigenvalue weighted by Gasteiger charge is 2.52. The van der Waals surface area contributed by atoms with Gasteiger partial charge in [-0.2, -0.15) is 0 Å². The van der Waals surface area contributed by atoms with Crippen LogP contribution in [0.15, 0.2) is 84.9 Å². The Labute approximate surface area is 264 Å². The average Bonchev–Trinajstić information content (AvgIpc) is 2.99. The first-order valence-corrected chi connectivity index (χ1v) is 17.9. The number of rotatable bonds is 5. The molecule has 44 heavy (non-hydrogen) atoms. The van der Waals surface area contributed by atoms with Crippen LogP contribution in [0.4, 0.5) is 11.4 Å². The molecule has 1 heteroatoms. The first-order valence-electron chi connectivity index (χ1n) is 17.9. The first kappa shape index (κ1) is 27.3. The van der Waals surface area contributed by atoms with E-state index >= 15 is 0 Å². The third-order valence-electron chi connectivity index (χ3n) is 13.1. The molecule has 0 heterocycles. The molecule has 4 aromatic rings. The minimum atomic E-state index is 0.310. The van der Waals surface area contributed by atoms with Crippen LogP contribution < -0.4 is 5.32 Å². The van der Waals surface area contributed by atoms with Crippen molar-refractivity contribution < 1.29 is 0 Å². The van der Waals surface area contributed by atoms with Crippen molar-refractivity contribution in [3.8, 4) is 11.1 Å². The van der Waals surface area contributed by atoms with Crippen LogP contribution in [0.3, 0.4) is 0 Å². The molecule has 6 bridgehead atoms. The van der Waals surface area contributed by atoms with Gasteiger partial charge < -0.3 is 5.32 Å². The van der Waals surface area contributed by atoms with Crippen molar-refractivity contribution in [1.82, 2.24) is 0 Å². The zero-order valence-corrected chi connectivity index (χ0v) is 26.8. The molecular weight excluding hydrogens is 530 g/mol. The van der Waals surface area contributed by atoms with Crippen LogP contribution in [-0.4, -0.2) is 0 Å². The normalized spacial score (nSPS) is 35.6. The van der Waals surface area contributed by atoms with E-state index in [9.17, 15) is 0 Å². The van der Waals surface area contributed by atoms with Crippen molar-refractivity contribution in [2.75, 3.05) is 5.32 Å². The van der Waals surface area contributed by atoms with Gasteiger partial charge in [0.05, 0.1) is 0 Å². The topological polar surface area (TPSA) is 12.0 Å². The van der Waals surface area contributed by atoms with Gasteiger partial charge in [-0.05, 0) is 168 Å². The predicted molar refractivity (Wildman–Crippen MR) is 186 cm³/mol. The van der Waals surface area contributed by atoms with E-state index in [0.29, 0.717) is 10.8 Å². The average molecular weight is 580 g/mol. The maximum absolute atomic E-state index is 3.96. The van der Waals surface area contributed by atoms with Crippen molar-refractivity contribution in [3.05, 3.63) is 96.1 Å². The Morgan fingerprint density at radius 3 is 1.82 bits per heavy atom. The quantitative estimate of drug-likeness (QED) is 0.248. The summed E-state index contributed by atoms with van der Waals surface area (Å²) in [6.45, 7) is 4.99. The Morgan fingerprint density at radius 2 is 1.11 bits per heavy atom. The minimum absolute atomic E-state index is 0.310. The highest BCUT2D eigenvalue weighted by Crippen LogP contribution is 2.62. The fourth-order valence-electron chi connectivity index (χ4n) is 12.5. The molecule has 0 radical (unpaired) electrons. The van der Waals surface area contributed by atoms with E-state index in [1.807, 2.05) is 0 Å². The number of nitrogens with one attached hydrogen (secondary N) is 1. The molecule has 10 rings (SSSR count). The number of hydrogen-bond acceptors (Lipinski definition) is 1. The maximum atomic E-state index is 3.96. The molecule has 0 spiro atoms. The standard InChI is InChI=1S/C43H49N/c1-28-16-30-17-29(2)23-42(22-28,24-30)40-12-5-6-13-41(40)44-35-9-7-8-34(21-35)36-14-15-39(38-11-4-3-10-37(36)38)43-25-31-18-32(26-43)20-33(19-31)27-43/h3-15,21,28-33,44H,16-20,22-27H2,1-2H3/t28-,29?,30?,31?,32?,33?,42?,43?/m0/s1. The maximum Gasteiger partial charge on any atom is 0.0422 e. The van der Waals surface area contributed by atoms with Gasteiger partial charge in [0.2, 0.25) is 0 Å². The largest absolute Gasteiger partial charge is 0.355 e. The molecule has 0 aromatic heterocycles. The molecule has 4 aromatic carbocycles. The molecule has 0 saturated heterocycles. The molecule has 6 aliphatic carbocycles. The van der Waals surface area contributed by atoms with E-state index in [2.05, 4.69) is 104 Å². The van der Waals surface area contributed by atoms with Crippen LogP contribution in [0.2, 0.25) is 0 Å². The number of fused-ring (bicyclic) bond motifs is 3. The van der Waals surface area contributed by atoms with E-state index < -0.39 is 0 Å². The van der Waals surface area contributed by atoms with Crippen molar-refractivity contribution in [2.45, 2.75) is 95.3 Å². The van der Waals surface area contributed by atoms with Gasteiger partial charge in [0.1, 0.15) is 0 Å². The molecule has 1 N–H and O–H groups in total. The molecule has 6 saturated carbocycles. The number of para-hydroxylation sites is 1. The molecule has 1 nitrogen and oxygen atoms in total. The lowest BCUT2D eigenvalue weighted by atomic mass is 9.47. The first-order chi connectivity index (χ1) is 21.5. The summed E-state index contributed by atoms with van der Waals surface area (Å²) in [5.41, 5.74) is 9.12. The molecule has 4 atom stereocenters. The van der Waals surface area contributed by atoms with Crippen LogP contribution in [0.25, 0.3) is 21.9 Å². The Balaban J connectivity index is 1.07. The van der Waals surface area contributed by atoms with Gasteiger partial charge in [0.15, 0.2) is 0 Å². The van der Waals surface area contributed by atoms with E-state index in [1.165, 1.54) is 104 Å². The second-order valence-electron chi connectivity index (χ2n) is 16.6. The number of hydrogen-bond donors (Lipinski definition) is 1. The van der Waals surface area contributed by atoms with Crippen LogP contribution in [0.5, 0.6) is 0 Å². The summed E-state index contributed by atoms with van der Waals surface area (Å²) >= 11 is 0. The minimum Gasteiger partial charge on any atom is -0.355 e. The van der Waals surface area contributed by atoms with Gasteiger partial charge in [0, 0.05) is 11.4 Å². The lowest BCUT2D eigenvalue weighted by Gasteiger charge is -2.57. The van der Waals surface area contributed by atoms with Gasteiger partial charge in [-0.25, -0.2) is 0 Å². The lowest BCUT2D eigenvalue weighted by Crippen LogP contribution is -2.48. The summed E-state index contributed by atoms with van der Waals surface area (Å²) in [7, 11) is 0. The Hall–Kier alpha value is -3.06. The highest BCUT2D eigenvalue weighted by atomic mass is 14.9. The van der Waals surface area contributed by atoms with Crippen molar-refractivity contribution in [3.63, 3.8) is 0 Å². The van der Waals surface area contributed by atoms with Crippen molar-refractivity contribution in [2.24, 2.45) is 35.5 Å². The molecule has 0 aliphatic heterocycles. The highest BCUT2D eigenvalue weighted by molar-refractivity contribution is 5.99. The SMILES string of the molecule is CC1CC2C[C@H](C)CC(c3ccccc3Nc3cccc(-c4ccc(C56CC7CC(CC(C7)C5)C6)c5ccccc45)c3)(C1)C2. The van der Waals surface area contributed by atoms with Crippen LogP contribution in [-0.2, 0) is 10.8 Å². The van der Waals surface area contributed by atoms with Gasteiger partial charge in [-0.3, -0.25) is 0 Å². The summed E-state index contributed by atoms with van der Waals surface area (Å²) in [4.78, 5) is 0. The Kier molecular flexibility index (Phi) is 6.34. The summed E-state index contributed by atoms with van der Waals surface area (Å²) < 4.78 is 0. The van der Waals surface area contributed by atoms with Crippen molar-refractivity contribution in [1.29, 1.82) is 0 Å². The number of anilines is 2. The zero-order chi connectivity index (χ0) is 29.5. The summed E-state index contributed by atoms with van der Waals surface area (Å²) in [5, 5.41) is 6.88. The van der Waals surface area contributed by atoms with Gasteiger partial charge in [-0.1, -0.05) is 80.6 Å².